The molecule has 4 aromatic rings. The SMILES string of the molecule is N#CCCCc1cn(-c2c3ccccc3nc3ccccc23)nn1. The molecule has 2 aromatic carbocycles. The summed E-state index contributed by atoms with van der Waals surface area (Å²) in [5.41, 5.74) is 3.77. The van der Waals surface area contributed by atoms with Crippen LogP contribution in [0, 0.1) is 11.3 Å². The molecule has 2 aromatic heterocycles. The molecule has 2 heterocycles. The molecule has 0 aliphatic heterocycles. The van der Waals surface area contributed by atoms with E-state index in [4.69, 9.17) is 10.2 Å². The Balaban J connectivity index is 1.89. The van der Waals surface area contributed by atoms with E-state index < -0.39 is 0 Å². The average molecular weight is 313 g/mol. The Morgan fingerprint density at radius 1 is 0.958 bits per heavy atom. The van der Waals surface area contributed by atoms with Crippen molar-refractivity contribution in [3.8, 4) is 11.8 Å². The molecule has 4 rings (SSSR count). The van der Waals surface area contributed by atoms with Crippen LogP contribution >= 0.6 is 0 Å². The second-order valence-corrected chi connectivity index (χ2v) is 5.66. The summed E-state index contributed by atoms with van der Waals surface area (Å²) in [6.07, 6.45) is 4.04. The molecule has 0 radical (unpaired) electrons. The number of hydrogen-bond acceptors (Lipinski definition) is 4. The number of hydrogen-bond donors (Lipinski definition) is 0. The van der Waals surface area contributed by atoms with E-state index in [2.05, 4.69) is 28.5 Å². The second kappa shape index (κ2) is 6.09. The highest BCUT2D eigenvalue weighted by Gasteiger charge is 2.12. The molecule has 0 atom stereocenters. The molecule has 5 nitrogen and oxygen atoms in total. The highest BCUT2D eigenvalue weighted by atomic mass is 15.4. The van der Waals surface area contributed by atoms with E-state index in [1.54, 1.807) is 0 Å². The smallest absolute Gasteiger partial charge is 0.0851 e. The van der Waals surface area contributed by atoms with Gasteiger partial charge in [0, 0.05) is 17.2 Å². The molecule has 0 bridgehead atoms. The van der Waals surface area contributed by atoms with Gasteiger partial charge in [-0.15, -0.1) is 5.10 Å². The molecule has 24 heavy (non-hydrogen) atoms. The molecule has 0 amide bonds. The molecular formula is C19H15N5. The molecule has 0 saturated heterocycles. The van der Waals surface area contributed by atoms with Gasteiger partial charge in [-0.2, -0.15) is 5.26 Å². The van der Waals surface area contributed by atoms with E-state index in [-0.39, 0.29) is 0 Å². The topological polar surface area (TPSA) is 67.4 Å². The fourth-order valence-corrected chi connectivity index (χ4v) is 2.94. The van der Waals surface area contributed by atoms with Gasteiger partial charge >= 0.3 is 0 Å². The van der Waals surface area contributed by atoms with Gasteiger partial charge in [-0.3, -0.25) is 0 Å². The maximum Gasteiger partial charge on any atom is 0.0851 e. The van der Waals surface area contributed by atoms with Gasteiger partial charge in [-0.05, 0) is 25.0 Å². The van der Waals surface area contributed by atoms with Crippen LogP contribution in [-0.4, -0.2) is 20.0 Å². The number of nitriles is 1. The zero-order chi connectivity index (χ0) is 16.4. The predicted octanol–water partition coefficient (Wildman–Crippen LogP) is 3.81. The highest BCUT2D eigenvalue weighted by Crippen LogP contribution is 2.28. The first-order chi connectivity index (χ1) is 11.9. The van der Waals surface area contributed by atoms with Crippen LogP contribution in [0.3, 0.4) is 0 Å². The van der Waals surface area contributed by atoms with Gasteiger partial charge in [-0.25, -0.2) is 9.67 Å². The molecule has 0 aliphatic rings. The van der Waals surface area contributed by atoms with Crippen LogP contribution in [0.5, 0.6) is 0 Å². The number of aryl methyl sites for hydroxylation is 1. The van der Waals surface area contributed by atoms with Crippen LogP contribution in [0.25, 0.3) is 27.5 Å². The number of fused-ring (bicyclic) bond motifs is 2. The lowest BCUT2D eigenvalue weighted by Gasteiger charge is -2.10. The summed E-state index contributed by atoms with van der Waals surface area (Å²) in [7, 11) is 0. The summed E-state index contributed by atoms with van der Waals surface area (Å²) >= 11 is 0. The van der Waals surface area contributed by atoms with Crippen molar-refractivity contribution in [2.24, 2.45) is 0 Å². The fraction of sp³-hybridized carbons (Fsp3) is 0.158. The van der Waals surface area contributed by atoms with Crippen LogP contribution in [0.15, 0.2) is 54.7 Å². The minimum Gasteiger partial charge on any atom is -0.248 e. The summed E-state index contributed by atoms with van der Waals surface area (Å²) in [6, 6.07) is 18.3. The van der Waals surface area contributed by atoms with Gasteiger partial charge in [0.25, 0.3) is 0 Å². The molecule has 0 spiro atoms. The second-order valence-electron chi connectivity index (χ2n) is 5.66. The minimum absolute atomic E-state index is 0.536. The van der Waals surface area contributed by atoms with Gasteiger partial charge in [-0.1, -0.05) is 41.6 Å². The number of benzene rings is 2. The number of unbranched alkanes of at least 4 members (excludes halogenated alkanes) is 1. The van der Waals surface area contributed by atoms with Crippen LogP contribution in [0.2, 0.25) is 0 Å². The first-order valence-electron chi connectivity index (χ1n) is 7.93. The maximum atomic E-state index is 8.67. The van der Waals surface area contributed by atoms with Crippen LogP contribution in [-0.2, 0) is 6.42 Å². The summed E-state index contributed by atoms with van der Waals surface area (Å²) < 4.78 is 1.83. The van der Waals surface area contributed by atoms with Crippen molar-refractivity contribution >= 4 is 21.8 Å². The quantitative estimate of drug-likeness (QED) is 0.424. The third-order valence-electron chi connectivity index (χ3n) is 4.05. The molecule has 0 saturated carbocycles. The zero-order valence-corrected chi connectivity index (χ0v) is 13.1. The Morgan fingerprint density at radius 3 is 2.29 bits per heavy atom. The maximum absolute atomic E-state index is 8.67. The first-order valence-corrected chi connectivity index (χ1v) is 7.93. The fourth-order valence-electron chi connectivity index (χ4n) is 2.94. The van der Waals surface area contributed by atoms with Crippen molar-refractivity contribution in [1.82, 2.24) is 20.0 Å². The van der Waals surface area contributed by atoms with Crippen molar-refractivity contribution in [2.75, 3.05) is 0 Å². The van der Waals surface area contributed by atoms with E-state index in [1.807, 2.05) is 47.3 Å². The lowest BCUT2D eigenvalue weighted by Crippen LogP contribution is -1.99. The largest absolute Gasteiger partial charge is 0.248 e. The van der Waals surface area contributed by atoms with Gasteiger partial charge < -0.3 is 0 Å². The third-order valence-corrected chi connectivity index (χ3v) is 4.05. The first kappa shape index (κ1) is 14.3. The Hall–Kier alpha value is -3.26. The van der Waals surface area contributed by atoms with Crippen LogP contribution < -0.4 is 0 Å². The summed E-state index contributed by atoms with van der Waals surface area (Å²) in [5.74, 6) is 0. The van der Waals surface area contributed by atoms with Crippen LogP contribution in [0.4, 0.5) is 0 Å². The Kier molecular flexibility index (Phi) is 3.64. The Bertz CT molecular complexity index is 1000. The third kappa shape index (κ3) is 2.48. The average Bonchev–Trinajstić information content (AvgIpc) is 3.08. The van der Waals surface area contributed by atoms with E-state index in [1.165, 1.54) is 0 Å². The molecular weight excluding hydrogens is 298 g/mol. The van der Waals surface area contributed by atoms with Gasteiger partial charge in [0.15, 0.2) is 0 Å². The van der Waals surface area contributed by atoms with Crippen molar-refractivity contribution in [3.63, 3.8) is 0 Å². The van der Waals surface area contributed by atoms with Gasteiger partial charge in [0.05, 0.1) is 34.7 Å². The number of para-hydroxylation sites is 2. The standard InChI is InChI=1S/C19H15N5/c20-12-6-5-7-14-13-24(23-22-14)19-15-8-1-3-10-17(15)21-18-11-4-2-9-16(18)19/h1-4,8-11,13H,5-7H2. The van der Waals surface area contributed by atoms with Gasteiger partial charge in [0.1, 0.15) is 0 Å². The Morgan fingerprint density at radius 2 is 1.62 bits per heavy atom. The Labute approximate surface area is 139 Å². The van der Waals surface area contributed by atoms with Crippen LogP contribution in [0.1, 0.15) is 18.5 Å². The number of aromatic nitrogens is 4. The normalized spacial score (nSPS) is 11.0. The molecule has 0 unspecified atom stereocenters. The predicted molar refractivity (Wildman–Crippen MR) is 92.7 cm³/mol. The summed E-state index contributed by atoms with van der Waals surface area (Å²) in [5, 5.41) is 19.3. The number of rotatable bonds is 4. The van der Waals surface area contributed by atoms with Crippen molar-refractivity contribution in [2.45, 2.75) is 19.3 Å². The lowest BCUT2D eigenvalue weighted by atomic mass is 10.1. The van der Waals surface area contributed by atoms with E-state index in [0.717, 1.165) is 46.0 Å². The molecule has 0 N–H and O–H groups in total. The molecule has 116 valence electrons. The number of pyridine rings is 1. The zero-order valence-electron chi connectivity index (χ0n) is 13.1. The lowest BCUT2D eigenvalue weighted by molar-refractivity contribution is 0.787. The van der Waals surface area contributed by atoms with Crippen molar-refractivity contribution in [3.05, 3.63) is 60.4 Å². The monoisotopic (exact) mass is 313 g/mol. The van der Waals surface area contributed by atoms with E-state index >= 15 is 0 Å². The van der Waals surface area contributed by atoms with Gasteiger partial charge in [0.2, 0.25) is 0 Å². The van der Waals surface area contributed by atoms with E-state index in [0.29, 0.717) is 6.42 Å². The summed E-state index contributed by atoms with van der Waals surface area (Å²) in [6.45, 7) is 0. The minimum atomic E-state index is 0.536. The van der Waals surface area contributed by atoms with Crippen molar-refractivity contribution in [1.29, 1.82) is 5.26 Å². The number of nitrogens with zero attached hydrogens (tertiary/aromatic N) is 5. The van der Waals surface area contributed by atoms with E-state index in [9.17, 15) is 0 Å². The molecule has 5 heteroatoms. The summed E-state index contributed by atoms with van der Waals surface area (Å²) in [4.78, 5) is 4.73. The molecule has 0 aliphatic carbocycles. The van der Waals surface area contributed by atoms with Crippen molar-refractivity contribution < 1.29 is 0 Å². The molecule has 0 fully saturated rings. The highest BCUT2D eigenvalue weighted by molar-refractivity contribution is 6.02.